The summed E-state index contributed by atoms with van der Waals surface area (Å²) in [5, 5.41) is 2.83. The zero-order chi connectivity index (χ0) is 14.5. The molecule has 1 amide bonds. The van der Waals surface area contributed by atoms with Crippen LogP contribution in [0.5, 0.6) is 0 Å². The van der Waals surface area contributed by atoms with Gasteiger partial charge in [0.2, 0.25) is 5.91 Å². The number of carbonyl (C=O) groups excluding carboxylic acids is 1. The highest BCUT2D eigenvalue weighted by Gasteiger charge is 2.11. The summed E-state index contributed by atoms with van der Waals surface area (Å²) in [6, 6.07) is 9.74. The van der Waals surface area contributed by atoms with Crippen LogP contribution >= 0.6 is 0 Å². The summed E-state index contributed by atoms with van der Waals surface area (Å²) >= 11 is 0. The van der Waals surface area contributed by atoms with Crippen molar-refractivity contribution in [3.05, 3.63) is 48.0 Å². The Bertz CT molecular complexity index is 574. The molecular weight excluding hydrogens is 257 g/mol. The van der Waals surface area contributed by atoms with Gasteiger partial charge in [-0.15, -0.1) is 0 Å². The van der Waals surface area contributed by atoms with E-state index in [1.54, 1.807) is 12.1 Å². The summed E-state index contributed by atoms with van der Waals surface area (Å²) in [7, 11) is 0. The number of carbonyl (C=O) groups is 1. The molecule has 1 atom stereocenters. The molecule has 0 bridgehead atoms. The van der Waals surface area contributed by atoms with Crippen molar-refractivity contribution in [2.45, 2.75) is 26.8 Å². The predicted molar refractivity (Wildman–Crippen MR) is 75.4 cm³/mol. The first kappa shape index (κ1) is 14.3. The molecule has 1 N–H and O–H groups in total. The normalized spacial score (nSPS) is 12.2. The first-order valence-corrected chi connectivity index (χ1v) is 6.72. The number of rotatable bonds is 5. The first-order chi connectivity index (χ1) is 9.60. The minimum absolute atomic E-state index is 0.00142. The molecule has 4 heteroatoms. The quantitative estimate of drug-likeness (QED) is 0.903. The van der Waals surface area contributed by atoms with E-state index in [0.29, 0.717) is 18.1 Å². The molecule has 0 unspecified atom stereocenters. The zero-order valence-electron chi connectivity index (χ0n) is 11.7. The van der Waals surface area contributed by atoms with E-state index in [9.17, 15) is 9.18 Å². The number of hydrogen-bond donors (Lipinski definition) is 1. The highest BCUT2D eigenvalue weighted by molar-refractivity contribution is 5.78. The van der Waals surface area contributed by atoms with Crippen LogP contribution in [-0.4, -0.2) is 5.91 Å². The molecule has 1 aromatic heterocycles. The number of benzene rings is 1. The Balaban J connectivity index is 1.99. The second-order valence-corrected chi connectivity index (χ2v) is 4.80. The Morgan fingerprint density at radius 3 is 2.60 bits per heavy atom. The Kier molecular flexibility index (Phi) is 4.56. The van der Waals surface area contributed by atoms with Gasteiger partial charge in [-0.1, -0.05) is 13.8 Å². The highest BCUT2D eigenvalue weighted by atomic mass is 19.1. The van der Waals surface area contributed by atoms with Crippen LogP contribution in [0.3, 0.4) is 0 Å². The maximum atomic E-state index is 12.8. The van der Waals surface area contributed by atoms with Gasteiger partial charge in [-0.25, -0.2) is 4.39 Å². The second-order valence-electron chi connectivity index (χ2n) is 4.80. The van der Waals surface area contributed by atoms with Crippen molar-refractivity contribution in [1.82, 2.24) is 5.32 Å². The molecule has 3 nitrogen and oxygen atoms in total. The topological polar surface area (TPSA) is 42.2 Å². The van der Waals surface area contributed by atoms with Crippen LogP contribution in [0.15, 0.2) is 40.8 Å². The average molecular weight is 275 g/mol. The van der Waals surface area contributed by atoms with Crippen LogP contribution in [0.2, 0.25) is 0 Å². The molecule has 0 radical (unpaired) electrons. The van der Waals surface area contributed by atoms with Crippen molar-refractivity contribution < 1.29 is 13.6 Å². The third-order valence-corrected chi connectivity index (χ3v) is 3.29. The monoisotopic (exact) mass is 275 g/mol. The smallest absolute Gasteiger partial charge is 0.223 e. The van der Waals surface area contributed by atoms with Gasteiger partial charge in [0.1, 0.15) is 17.3 Å². The van der Waals surface area contributed by atoms with Gasteiger partial charge in [-0.3, -0.25) is 4.79 Å². The fourth-order valence-electron chi connectivity index (χ4n) is 1.78. The van der Waals surface area contributed by atoms with Gasteiger partial charge in [0, 0.05) is 11.5 Å². The van der Waals surface area contributed by atoms with E-state index in [-0.39, 0.29) is 17.6 Å². The lowest BCUT2D eigenvalue weighted by molar-refractivity contribution is -0.124. The molecule has 0 saturated heterocycles. The van der Waals surface area contributed by atoms with Crippen LogP contribution in [0.4, 0.5) is 4.39 Å². The van der Waals surface area contributed by atoms with Crippen LogP contribution in [0.1, 0.15) is 26.0 Å². The number of amides is 1. The molecule has 0 aliphatic carbocycles. The summed E-state index contributed by atoms with van der Waals surface area (Å²) < 4.78 is 18.5. The minimum Gasteiger partial charge on any atom is -0.459 e. The fraction of sp³-hybridized carbons (Fsp3) is 0.312. The van der Waals surface area contributed by atoms with Crippen LogP contribution in [0.25, 0.3) is 11.3 Å². The van der Waals surface area contributed by atoms with Crippen molar-refractivity contribution >= 4 is 5.91 Å². The lowest BCUT2D eigenvalue weighted by Gasteiger charge is -2.08. The summed E-state index contributed by atoms with van der Waals surface area (Å²) in [5.41, 5.74) is 0.811. The summed E-state index contributed by atoms with van der Waals surface area (Å²) in [6.45, 7) is 4.23. The van der Waals surface area contributed by atoms with E-state index in [1.165, 1.54) is 12.1 Å². The largest absolute Gasteiger partial charge is 0.459 e. The number of hydrogen-bond acceptors (Lipinski definition) is 2. The lowest BCUT2D eigenvalue weighted by Crippen LogP contribution is -2.28. The molecule has 0 aliphatic rings. The maximum Gasteiger partial charge on any atom is 0.223 e. The van der Waals surface area contributed by atoms with Crippen LogP contribution in [-0.2, 0) is 11.3 Å². The molecule has 1 aromatic carbocycles. The minimum atomic E-state index is -0.277. The molecule has 1 heterocycles. The van der Waals surface area contributed by atoms with Crippen molar-refractivity contribution in [3.8, 4) is 11.3 Å². The van der Waals surface area contributed by atoms with Gasteiger partial charge in [-0.2, -0.15) is 0 Å². The van der Waals surface area contributed by atoms with Gasteiger partial charge in [-0.05, 0) is 42.8 Å². The van der Waals surface area contributed by atoms with E-state index in [4.69, 9.17) is 4.42 Å². The van der Waals surface area contributed by atoms with Gasteiger partial charge in [0.05, 0.1) is 6.54 Å². The third kappa shape index (κ3) is 3.47. The number of furan rings is 1. The van der Waals surface area contributed by atoms with Gasteiger partial charge >= 0.3 is 0 Å². The lowest BCUT2D eigenvalue weighted by atomic mass is 10.1. The van der Waals surface area contributed by atoms with Gasteiger partial charge in [0.25, 0.3) is 0 Å². The fourth-order valence-corrected chi connectivity index (χ4v) is 1.78. The first-order valence-electron chi connectivity index (χ1n) is 6.72. The third-order valence-electron chi connectivity index (χ3n) is 3.29. The summed E-state index contributed by atoms with van der Waals surface area (Å²) in [6.07, 6.45) is 0.810. The Labute approximate surface area is 117 Å². The van der Waals surface area contributed by atoms with Gasteiger partial charge < -0.3 is 9.73 Å². The Morgan fingerprint density at radius 2 is 1.95 bits per heavy atom. The van der Waals surface area contributed by atoms with E-state index < -0.39 is 0 Å². The van der Waals surface area contributed by atoms with Crippen molar-refractivity contribution in [2.75, 3.05) is 0 Å². The van der Waals surface area contributed by atoms with E-state index in [1.807, 2.05) is 26.0 Å². The Hall–Kier alpha value is -2.10. The molecule has 2 rings (SSSR count). The van der Waals surface area contributed by atoms with Crippen molar-refractivity contribution in [2.24, 2.45) is 5.92 Å². The predicted octanol–water partition coefficient (Wildman–Crippen LogP) is 3.75. The van der Waals surface area contributed by atoms with E-state index in [2.05, 4.69) is 5.32 Å². The summed E-state index contributed by atoms with van der Waals surface area (Å²) in [5.74, 6) is 1.09. The molecule has 0 fully saturated rings. The molecule has 106 valence electrons. The SMILES string of the molecule is CC[C@@H](C)C(=O)NCc1ccc(-c2ccc(F)cc2)o1. The van der Waals surface area contributed by atoms with Crippen molar-refractivity contribution in [1.29, 1.82) is 0 Å². The number of halogens is 1. The van der Waals surface area contributed by atoms with Gasteiger partial charge in [0.15, 0.2) is 0 Å². The zero-order valence-corrected chi connectivity index (χ0v) is 11.7. The molecule has 2 aromatic rings. The maximum absolute atomic E-state index is 12.8. The highest BCUT2D eigenvalue weighted by Crippen LogP contribution is 2.22. The molecule has 0 saturated carbocycles. The van der Waals surface area contributed by atoms with Crippen LogP contribution < -0.4 is 5.32 Å². The average Bonchev–Trinajstić information content (AvgIpc) is 2.93. The summed E-state index contributed by atoms with van der Waals surface area (Å²) in [4.78, 5) is 11.7. The standard InChI is InChI=1S/C16H18FNO2/c1-3-11(2)16(19)18-10-14-8-9-15(20-14)12-4-6-13(17)7-5-12/h4-9,11H,3,10H2,1-2H3,(H,18,19)/t11-/m1/s1. The molecule has 20 heavy (non-hydrogen) atoms. The van der Waals surface area contributed by atoms with Crippen LogP contribution in [0, 0.1) is 11.7 Å². The molecule has 0 aliphatic heterocycles. The van der Waals surface area contributed by atoms with E-state index in [0.717, 1.165) is 12.0 Å². The van der Waals surface area contributed by atoms with Crippen molar-refractivity contribution in [3.63, 3.8) is 0 Å². The molecule has 0 spiro atoms. The molecular formula is C16H18FNO2. The Morgan fingerprint density at radius 1 is 1.25 bits per heavy atom. The van der Waals surface area contributed by atoms with E-state index >= 15 is 0 Å². The second kappa shape index (κ2) is 6.37. The number of nitrogens with one attached hydrogen (secondary N) is 1.